The number of methoxy groups -OCH3 is 2. The van der Waals surface area contributed by atoms with Crippen LogP contribution in [0.5, 0.6) is 11.5 Å². The molecule has 0 heterocycles. The quantitative estimate of drug-likeness (QED) is 0.576. The van der Waals surface area contributed by atoms with Gasteiger partial charge in [-0.3, -0.25) is 9.59 Å². The maximum atomic E-state index is 11.9. The Morgan fingerprint density at radius 2 is 1.80 bits per heavy atom. The molecule has 0 unspecified atom stereocenters. The zero-order chi connectivity index (χ0) is 18.1. The van der Waals surface area contributed by atoms with Crippen LogP contribution >= 0.6 is 11.8 Å². The van der Waals surface area contributed by atoms with Gasteiger partial charge >= 0.3 is 5.97 Å². The van der Waals surface area contributed by atoms with Crippen LogP contribution in [0, 0.1) is 0 Å². The summed E-state index contributed by atoms with van der Waals surface area (Å²) in [7, 11) is 3.03. The van der Waals surface area contributed by atoms with Gasteiger partial charge in [0.25, 0.3) is 5.91 Å². The van der Waals surface area contributed by atoms with Crippen molar-refractivity contribution in [3.63, 3.8) is 0 Å². The van der Waals surface area contributed by atoms with E-state index in [1.807, 2.05) is 30.3 Å². The second-order valence-corrected chi connectivity index (χ2v) is 5.93. The number of benzene rings is 2. The maximum absolute atomic E-state index is 11.9. The van der Waals surface area contributed by atoms with Gasteiger partial charge in [0.15, 0.2) is 6.61 Å². The highest BCUT2D eigenvalue weighted by molar-refractivity contribution is 8.00. The topological polar surface area (TPSA) is 73.9 Å². The average molecular weight is 361 g/mol. The smallest absolute Gasteiger partial charge is 0.316 e. The van der Waals surface area contributed by atoms with Crippen molar-refractivity contribution in [2.24, 2.45) is 0 Å². The lowest BCUT2D eigenvalue weighted by Crippen LogP contribution is -2.21. The Bertz CT molecular complexity index is 721. The molecule has 0 aromatic heterocycles. The van der Waals surface area contributed by atoms with E-state index in [9.17, 15) is 9.59 Å². The van der Waals surface area contributed by atoms with Gasteiger partial charge in [0.05, 0.1) is 25.7 Å². The molecule has 2 aromatic rings. The van der Waals surface area contributed by atoms with Crippen LogP contribution in [0.15, 0.2) is 53.4 Å². The number of nitrogens with one attached hydrogen (secondary N) is 1. The third-order valence-corrected chi connectivity index (χ3v) is 4.13. The maximum Gasteiger partial charge on any atom is 0.316 e. The Labute approximate surface area is 150 Å². The molecule has 0 fully saturated rings. The molecule has 25 heavy (non-hydrogen) atoms. The minimum Gasteiger partial charge on any atom is -0.497 e. The highest BCUT2D eigenvalue weighted by Crippen LogP contribution is 2.28. The lowest BCUT2D eigenvalue weighted by molar-refractivity contribution is -0.144. The summed E-state index contributed by atoms with van der Waals surface area (Å²) in [6.07, 6.45) is 0. The second kappa shape index (κ2) is 9.58. The van der Waals surface area contributed by atoms with E-state index in [-0.39, 0.29) is 12.4 Å². The molecule has 0 aliphatic heterocycles. The zero-order valence-corrected chi connectivity index (χ0v) is 14.8. The molecular weight excluding hydrogens is 342 g/mol. The molecule has 1 amide bonds. The molecule has 0 bridgehead atoms. The number of ether oxygens (including phenoxy) is 3. The van der Waals surface area contributed by atoms with Crippen molar-refractivity contribution in [3.05, 3.63) is 48.5 Å². The van der Waals surface area contributed by atoms with E-state index in [1.54, 1.807) is 25.3 Å². The fraction of sp³-hybridized carbons (Fsp3) is 0.222. The van der Waals surface area contributed by atoms with Crippen LogP contribution in [0.25, 0.3) is 0 Å². The molecule has 0 aliphatic carbocycles. The minimum atomic E-state index is -0.453. The molecular formula is C18H19NO5S. The average Bonchev–Trinajstić information content (AvgIpc) is 2.65. The van der Waals surface area contributed by atoms with Gasteiger partial charge in [0.2, 0.25) is 0 Å². The van der Waals surface area contributed by atoms with Crippen LogP contribution in [-0.4, -0.2) is 38.5 Å². The summed E-state index contributed by atoms with van der Waals surface area (Å²) in [6.45, 7) is -0.358. The van der Waals surface area contributed by atoms with E-state index in [1.165, 1.54) is 18.9 Å². The number of carbonyl (C=O) groups excluding carboxylic acids is 2. The third-order valence-electron chi connectivity index (χ3n) is 3.15. The van der Waals surface area contributed by atoms with Gasteiger partial charge in [-0.2, -0.15) is 0 Å². The summed E-state index contributed by atoms with van der Waals surface area (Å²) in [5, 5.41) is 2.64. The first kappa shape index (κ1) is 18.7. The van der Waals surface area contributed by atoms with Crippen molar-refractivity contribution in [3.8, 4) is 11.5 Å². The van der Waals surface area contributed by atoms with Crippen LogP contribution in [0.3, 0.4) is 0 Å². The number of hydrogen-bond donors (Lipinski definition) is 1. The molecule has 6 nitrogen and oxygen atoms in total. The van der Waals surface area contributed by atoms with E-state index in [0.29, 0.717) is 17.2 Å². The van der Waals surface area contributed by atoms with Gasteiger partial charge in [-0.25, -0.2) is 0 Å². The Hall–Kier alpha value is -2.67. The van der Waals surface area contributed by atoms with Crippen LogP contribution < -0.4 is 14.8 Å². The highest BCUT2D eigenvalue weighted by atomic mass is 32.2. The van der Waals surface area contributed by atoms with Gasteiger partial charge in [-0.05, 0) is 24.3 Å². The Morgan fingerprint density at radius 3 is 2.48 bits per heavy atom. The molecule has 0 aliphatic rings. The Balaban J connectivity index is 1.79. The van der Waals surface area contributed by atoms with Crippen LogP contribution in [-0.2, 0) is 14.3 Å². The molecule has 0 spiro atoms. The molecule has 7 heteroatoms. The molecule has 0 radical (unpaired) electrons. The molecule has 1 N–H and O–H groups in total. The van der Waals surface area contributed by atoms with Crippen molar-refractivity contribution in [1.82, 2.24) is 0 Å². The summed E-state index contributed by atoms with van der Waals surface area (Å²) >= 11 is 1.35. The first-order valence-electron chi connectivity index (χ1n) is 7.47. The molecule has 2 aromatic carbocycles. The summed E-state index contributed by atoms with van der Waals surface area (Å²) < 4.78 is 15.3. The standard InChI is InChI=1S/C18H19NO5S/c1-22-13-8-9-15(16(10-13)23-2)19-17(20)11-24-18(21)12-25-14-6-4-3-5-7-14/h3-10H,11-12H2,1-2H3,(H,19,20). The molecule has 132 valence electrons. The van der Waals surface area contributed by atoms with Crippen molar-refractivity contribution in [1.29, 1.82) is 0 Å². The number of esters is 1. The van der Waals surface area contributed by atoms with Gasteiger partial charge in [-0.15, -0.1) is 11.8 Å². The summed E-state index contributed by atoms with van der Waals surface area (Å²) in [4.78, 5) is 24.6. The van der Waals surface area contributed by atoms with Crippen molar-refractivity contribution >= 4 is 29.3 Å². The van der Waals surface area contributed by atoms with Crippen LogP contribution in [0.1, 0.15) is 0 Å². The van der Waals surface area contributed by atoms with E-state index in [4.69, 9.17) is 14.2 Å². The Morgan fingerprint density at radius 1 is 1.04 bits per heavy atom. The normalized spacial score (nSPS) is 10.0. The van der Waals surface area contributed by atoms with E-state index in [0.717, 1.165) is 4.90 Å². The van der Waals surface area contributed by atoms with Crippen LogP contribution in [0.4, 0.5) is 5.69 Å². The van der Waals surface area contributed by atoms with E-state index >= 15 is 0 Å². The molecule has 2 rings (SSSR count). The lowest BCUT2D eigenvalue weighted by Gasteiger charge is -2.11. The van der Waals surface area contributed by atoms with Crippen molar-refractivity contribution in [2.45, 2.75) is 4.90 Å². The zero-order valence-electron chi connectivity index (χ0n) is 14.0. The number of rotatable bonds is 8. The van der Waals surface area contributed by atoms with Gasteiger partial charge < -0.3 is 19.5 Å². The highest BCUT2D eigenvalue weighted by Gasteiger charge is 2.11. The molecule has 0 atom stereocenters. The minimum absolute atomic E-state index is 0.142. The summed E-state index contributed by atoms with van der Waals surface area (Å²) in [6, 6.07) is 14.5. The number of carbonyl (C=O) groups is 2. The van der Waals surface area contributed by atoms with E-state index in [2.05, 4.69) is 5.32 Å². The monoisotopic (exact) mass is 361 g/mol. The van der Waals surface area contributed by atoms with Gasteiger partial charge in [-0.1, -0.05) is 18.2 Å². The number of anilines is 1. The van der Waals surface area contributed by atoms with Gasteiger partial charge in [0, 0.05) is 11.0 Å². The van der Waals surface area contributed by atoms with Crippen LogP contribution in [0.2, 0.25) is 0 Å². The van der Waals surface area contributed by atoms with Crippen molar-refractivity contribution in [2.75, 3.05) is 31.9 Å². The first-order valence-corrected chi connectivity index (χ1v) is 8.46. The van der Waals surface area contributed by atoms with Crippen molar-refractivity contribution < 1.29 is 23.8 Å². The molecule has 0 saturated heterocycles. The second-order valence-electron chi connectivity index (χ2n) is 4.88. The van der Waals surface area contributed by atoms with Gasteiger partial charge in [0.1, 0.15) is 11.5 Å². The summed E-state index contributed by atoms with van der Waals surface area (Å²) in [5.74, 6) is 0.313. The molecule has 0 saturated carbocycles. The van der Waals surface area contributed by atoms with E-state index < -0.39 is 11.9 Å². The number of amides is 1. The number of hydrogen-bond acceptors (Lipinski definition) is 6. The fourth-order valence-corrected chi connectivity index (χ4v) is 2.65. The number of thioether (sulfide) groups is 1. The Kier molecular flexibility index (Phi) is 7.16. The largest absolute Gasteiger partial charge is 0.497 e. The predicted molar refractivity (Wildman–Crippen MR) is 96.3 cm³/mol. The predicted octanol–water partition coefficient (Wildman–Crippen LogP) is 2.98. The SMILES string of the molecule is COc1ccc(NC(=O)COC(=O)CSc2ccccc2)c(OC)c1. The lowest BCUT2D eigenvalue weighted by atomic mass is 10.2. The third kappa shape index (κ3) is 6.04. The first-order chi connectivity index (χ1) is 12.1. The summed E-state index contributed by atoms with van der Waals surface area (Å²) in [5.41, 5.74) is 0.475. The fourth-order valence-electron chi connectivity index (χ4n) is 1.93.